The van der Waals surface area contributed by atoms with Gasteiger partial charge in [0.05, 0.1) is 12.2 Å². The molecule has 2 heterocycles. The molecule has 122 valence electrons. The molecule has 1 aromatic carbocycles. The Morgan fingerprint density at radius 1 is 0.958 bits per heavy atom. The fourth-order valence-electron chi connectivity index (χ4n) is 2.38. The van der Waals surface area contributed by atoms with Gasteiger partial charge in [-0.15, -0.1) is 0 Å². The summed E-state index contributed by atoms with van der Waals surface area (Å²) in [5, 5.41) is 6.62. The molecular weight excluding hydrogens is 298 g/mol. The van der Waals surface area contributed by atoms with Crippen LogP contribution in [0.5, 0.6) is 0 Å². The highest BCUT2D eigenvalue weighted by Crippen LogP contribution is 2.18. The number of hydrogen-bond acceptors (Lipinski definition) is 5. The number of nitrogens with zero attached hydrogens (tertiary/aromatic N) is 3. The van der Waals surface area contributed by atoms with Crippen LogP contribution in [-0.4, -0.2) is 15.0 Å². The van der Waals surface area contributed by atoms with Crippen molar-refractivity contribution < 1.29 is 0 Å². The van der Waals surface area contributed by atoms with E-state index in [0.29, 0.717) is 12.4 Å². The average molecular weight is 319 g/mol. The van der Waals surface area contributed by atoms with Crippen molar-refractivity contribution in [2.24, 2.45) is 0 Å². The third-order valence-electron chi connectivity index (χ3n) is 3.65. The number of rotatable bonds is 6. The van der Waals surface area contributed by atoms with E-state index in [2.05, 4.69) is 56.8 Å². The van der Waals surface area contributed by atoms with Crippen LogP contribution in [0.15, 0.2) is 54.7 Å². The Kier molecular flexibility index (Phi) is 5.01. The van der Waals surface area contributed by atoms with E-state index in [9.17, 15) is 0 Å². The third-order valence-corrected chi connectivity index (χ3v) is 3.65. The molecule has 0 spiro atoms. The van der Waals surface area contributed by atoms with Gasteiger partial charge in [0.2, 0.25) is 0 Å². The fourth-order valence-corrected chi connectivity index (χ4v) is 2.38. The molecule has 0 radical (unpaired) electrons. The molecule has 5 heteroatoms. The first kappa shape index (κ1) is 15.9. The molecule has 0 aliphatic rings. The van der Waals surface area contributed by atoms with Gasteiger partial charge in [0.15, 0.2) is 0 Å². The maximum atomic E-state index is 4.45. The van der Waals surface area contributed by atoms with Crippen molar-refractivity contribution in [1.82, 2.24) is 15.0 Å². The van der Waals surface area contributed by atoms with E-state index in [0.717, 1.165) is 29.4 Å². The standard InChI is InChI=1S/C19H21N5/c1-3-15-7-9-16(10-8-15)24-19-12-18(22-14(2)23-19)21-13-17-6-4-5-11-20-17/h4-12H,3,13H2,1-2H3,(H2,21,22,23,24). The summed E-state index contributed by atoms with van der Waals surface area (Å²) < 4.78 is 0. The van der Waals surface area contributed by atoms with Gasteiger partial charge in [0, 0.05) is 18.0 Å². The van der Waals surface area contributed by atoms with Gasteiger partial charge in [0.1, 0.15) is 17.5 Å². The summed E-state index contributed by atoms with van der Waals surface area (Å²) in [6.07, 6.45) is 2.82. The Balaban J connectivity index is 1.70. The van der Waals surface area contributed by atoms with E-state index in [-0.39, 0.29) is 0 Å². The molecule has 24 heavy (non-hydrogen) atoms. The summed E-state index contributed by atoms with van der Waals surface area (Å²) in [5.41, 5.74) is 3.30. The normalized spacial score (nSPS) is 10.4. The van der Waals surface area contributed by atoms with Gasteiger partial charge in [-0.1, -0.05) is 25.1 Å². The monoisotopic (exact) mass is 319 g/mol. The fraction of sp³-hybridized carbons (Fsp3) is 0.211. The summed E-state index contributed by atoms with van der Waals surface area (Å²) >= 11 is 0. The summed E-state index contributed by atoms with van der Waals surface area (Å²) in [6, 6.07) is 16.1. The van der Waals surface area contributed by atoms with Crippen molar-refractivity contribution in [2.45, 2.75) is 26.8 Å². The smallest absolute Gasteiger partial charge is 0.136 e. The Bertz CT molecular complexity index is 785. The van der Waals surface area contributed by atoms with Gasteiger partial charge in [-0.3, -0.25) is 4.98 Å². The number of anilines is 3. The van der Waals surface area contributed by atoms with Crippen LogP contribution in [0.2, 0.25) is 0 Å². The molecule has 0 bridgehead atoms. The minimum atomic E-state index is 0.627. The second-order valence-corrected chi connectivity index (χ2v) is 5.54. The second kappa shape index (κ2) is 7.55. The number of hydrogen-bond donors (Lipinski definition) is 2. The Labute approximate surface area is 142 Å². The number of nitrogens with one attached hydrogen (secondary N) is 2. The number of pyridine rings is 1. The Hall–Kier alpha value is -2.95. The Morgan fingerprint density at radius 3 is 2.46 bits per heavy atom. The summed E-state index contributed by atoms with van der Waals surface area (Å²) in [5.74, 6) is 2.27. The molecule has 0 unspecified atom stereocenters. The second-order valence-electron chi connectivity index (χ2n) is 5.54. The zero-order valence-electron chi connectivity index (χ0n) is 14.0. The summed E-state index contributed by atoms with van der Waals surface area (Å²) in [4.78, 5) is 13.2. The zero-order chi connectivity index (χ0) is 16.8. The molecule has 0 saturated carbocycles. The van der Waals surface area contributed by atoms with Crippen LogP contribution in [0, 0.1) is 6.92 Å². The maximum absolute atomic E-state index is 4.45. The molecular formula is C19H21N5. The van der Waals surface area contributed by atoms with Gasteiger partial charge < -0.3 is 10.6 Å². The molecule has 0 fully saturated rings. The number of aromatic nitrogens is 3. The lowest BCUT2D eigenvalue weighted by molar-refractivity contribution is 0.996. The van der Waals surface area contributed by atoms with Crippen molar-refractivity contribution in [1.29, 1.82) is 0 Å². The first-order valence-corrected chi connectivity index (χ1v) is 8.08. The van der Waals surface area contributed by atoms with E-state index >= 15 is 0 Å². The lowest BCUT2D eigenvalue weighted by Crippen LogP contribution is -2.06. The molecule has 0 saturated heterocycles. The van der Waals surface area contributed by atoms with Crippen molar-refractivity contribution >= 4 is 17.3 Å². The van der Waals surface area contributed by atoms with Crippen LogP contribution < -0.4 is 10.6 Å². The minimum Gasteiger partial charge on any atom is -0.364 e. The van der Waals surface area contributed by atoms with Gasteiger partial charge in [0.25, 0.3) is 0 Å². The summed E-state index contributed by atoms with van der Waals surface area (Å²) in [7, 11) is 0. The van der Waals surface area contributed by atoms with Crippen LogP contribution in [-0.2, 0) is 13.0 Å². The van der Waals surface area contributed by atoms with Crippen molar-refractivity contribution in [2.75, 3.05) is 10.6 Å². The molecule has 0 aliphatic heterocycles. The molecule has 3 rings (SSSR count). The van der Waals surface area contributed by atoms with Crippen LogP contribution in [0.4, 0.5) is 17.3 Å². The number of benzene rings is 1. The Morgan fingerprint density at radius 2 is 1.75 bits per heavy atom. The van der Waals surface area contributed by atoms with Gasteiger partial charge in [-0.05, 0) is 43.2 Å². The van der Waals surface area contributed by atoms with Gasteiger partial charge in [-0.25, -0.2) is 9.97 Å². The largest absolute Gasteiger partial charge is 0.364 e. The van der Waals surface area contributed by atoms with E-state index in [4.69, 9.17) is 0 Å². The van der Waals surface area contributed by atoms with E-state index < -0.39 is 0 Å². The first-order chi connectivity index (χ1) is 11.7. The third kappa shape index (κ3) is 4.29. The van der Waals surface area contributed by atoms with Crippen LogP contribution >= 0.6 is 0 Å². The van der Waals surface area contributed by atoms with E-state index in [1.807, 2.05) is 31.2 Å². The van der Waals surface area contributed by atoms with Crippen LogP contribution in [0.3, 0.4) is 0 Å². The first-order valence-electron chi connectivity index (χ1n) is 8.08. The topological polar surface area (TPSA) is 62.7 Å². The van der Waals surface area contributed by atoms with Crippen molar-refractivity contribution in [3.05, 3.63) is 71.8 Å². The van der Waals surface area contributed by atoms with Gasteiger partial charge >= 0.3 is 0 Å². The lowest BCUT2D eigenvalue weighted by atomic mass is 10.1. The molecule has 0 amide bonds. The zero-order valence-corrected chi connectivity index (χ0v) is 14.0. The van der Waals surface area contributed by atoms with E-state index in [1.54, 1.807) is 6.20 Å². The highest BCUT2D eigenvalue weighted by atomic mass is 15.1. The van der Waals surface area contributed by atoms with E-state index in [1.165, 1.54) is 5.56 Å². The number of aryl methyl sites for hydroxylation is 2. The molecule has 0 aliphatic carbocycles. The predicted octanol–water partition coefficient (Wildman–Crippen LogP) is 4.10. The van der Waals surface area contributed by atoms with Gasteiger partial charge in [-0.2, -0.15) is 0 Å². The summed E-state index contributed by atoms with van der Waals surface area (Å²) in [6.45, 7) is 4.66. The average Bonchev–Trinajstić information content (AvgIpc) is 2.61. The molecule has 2 aromatic heterocycles. The SMILES string of the molecule is CCc1ccc(Nc2cc(NCc3ccccn3)nc(C)n2)cc1. The highest BCUT2D eigenvalue weighted by molar-refractivity contribution is 5.59. The predicted molar refractivity (Wildman–Crippen MR) is 97.4 cm³/mol. The lowest BCUT2D eigenvalue weighted by Gasteiger charge is -2.10. The van der Waals surface area contributed by atoms with Crippen molar-refractivity contribution in [3.63, 3.8) is 0 Å². The van der Waals surface area contributed by atoms with Crippen molar-refractivity contribution in [3.8, 4) is 0 Å². The molecule has 3 aromatic rings. The molecule has 5 nitrogen and oxygen atoms in total. The molecule has 2 N–H and O–H groups in total. The maximum Gasteiger partial charge on any atom is 0.136 e. The minimum absolute atomic E-state index is 0.627. The quantitative estimate of drug-likeness (QED) is 0.716. The van der Waals surface area contributed by atoms with Crippen LogP contribution in [0.25, 0.3) is 0 Å². The van der Waals surface area contributed by atoms with Crippen LogP contribution in [0.1, 0.15) is 24.0 Å². The molecule has 0 atom stereocenters. The highest BCUT2D eigenvalue weighted by Gasteiger charge is 2.03.